The number of anilines is 1. The number of carbonyl (C=O) groups excluding carboxylic acids is 3. The number of ether oxygens (including phenoxy) is 2. The van der Waals surface area contributed by atoms with Crippen LogP contribution in [0.4, 0.5) is 10.5 Å². The maximum atomic E-state index is 13.0. The third-order valence-electron chi connectivity index (χ3n) is 4.33. The molecular weight excluding hydrogens is 499 g/mol. The maximum Gasteiger partial charge on any atom is 0.335 e. The van der Waals surface area contributed by atoms with E-state index in [1.165, 1.54) is 6.08 Å². The quantitative estimate of drug-likeness (QED) is 0.353. The number of imide groups is 2. The molecule has 0 unspecified atom stereocenters. The number of halogens is 1. The highest BCUT2D eigenvalue weighted by Gasteiger charge is 2.36. The van der Waals surface area contributed by atoms with E-state index < -0.39 is 17.8 Å². The summed E-state index contributed by atoms with van der Waals surface area (Å²) in [7, 11) is 0. The lowest BCUT2D eigenvalue weighted by Crippen LogP contribution is -2.54. The fourth-order valence-corrected chi connectivity index (χ4v) is 3.75. The Labute approximate surface area is 188 Å². The third kappa shape index (κ3) is 4.48. The molecule has 2 aromatic rings. The summed E-state index contributed by atoms with van der Waals surface area (Å²) < 4.78 is 12.1. The zero-order chi connectivity index (χ0) is 21.8. The number of hydrogen-bond acceptors (Lipinski definition) is 5. The van der Waals surface area contributed by atoms with Crippen molar-refractivity contribution in [1.82, 2.24) is 5.32 Å². The highest BCUT2D eigenvalue weighted by molar-refractivity contribution is 14.1. The second-order valence-corrected chi connectivity index (χ2v) is 7.65. The number of barbiturate groups is 1. The van der Waals surface area contributed by atoms with Gasteiger partial charge >= 0.3 is 6.03 Å². The first-order chi connectivity index (χ1) is 14.3. The number of amides is 4. The number of carbonyl (C=O) groups is 3. The van der Waals surface area contributed by atoms with Crippen LogP contribution in [-0.2, 0) is 9.59 Å². The van der Waals surface area contributed by atoms with E-state index in [9.17, 15) is 14.4 Å². The van der Waals surface area contributed by atoms with E-state index >= 15 is 0 Å². The van der Waals surface area contributed by atoms with Gasteiger partial charge in [0.05, 0.1) is 22.5 Å². The van der Waals surface area contributed by atoms with Crippen LogP contribution in [0.3, 0.4) is 0 Å². The van der Waals surface area contributed by atoms with Crippen LogP contribution >= 0.6 is 22.6 Å². The molecule has 1 N–H and O–H groups in total. The van der Waals surface area contributed by atoms with Gasteiger partial charge in [0, 0.05) is 0 Å². The van der Waals surface area contributed by atoms with Crippen LogP contribution in [-0.4, -0.2) is 31.1 Å². The molecule has 30 heavy (non-hydrogen) atoms. The Bertz CT molecular complexity index is 1030. The predicted octanol–water partition coefficient (Wildman–Crippen LogP) is 4.06. The molecule has 1 aliphatic rings. The SMILES string of the molecule is CCOc1cc(/C=C2\C(=O)NC(=O)N(c3ccc(C)cc3)C2=O)cc(I)c1OCC. The number of hydrogen-bond donors (Lipinski definition) is 1. The number of aryl methyl sites for hydroxylation is 1. The van der Waals surface area contributed by atoms with E-state index in [2.05, 4.69) is 27.9 Å². The van der Waals surface area contributed by atoms with E-state index in [0.29, 0.717) is 36.0 Å². The molecular formula is C22H21IN2O5. The largest absolute Gasteiger partial charge is 0.490 e. The van der Waals surface area contributed by atoms with Gasteiger partial charge in [-0.1, -0.05) is 17.7 Å². The maximum absolute atomic E-state index is 13.0. The smallest absolute Gasteiger partial charge is 0.335 e. The summed E-state index contributed by atoms with van der Waals surface area (Å²) in [5.41, 5.74) is 1.82. The standard InChI is InChI=1S/C22H21IN2O5/c1-4-29-18-12-14(11-17(23)19(18)30-5-2)10-16-20(26)24-22(28)25(21(16)27)15-8-6-13(3)7-9-15/h6-12H,4-5H2,1-3H3,(H,24,26,28)/b16-10+. The Morgan fingerprint density at radius 2 is 1.70 bits per heavy atom. The zero-order valence-electron chi connectivity index (χ0n) is 16.8. The van der Waals surface area contributed by atoms with Gasteiger partial charge in [0.1, 0.15) is 5.57 Å². The topological polar surface area (TPSA) is 84.9 Å². The van der Waals surface area contributed by atoms with Crippen LogP contribution in [0, 0.1) is 10.5 Å². The van der Waals surface area contributed by atoms with Gasteiger partial charge in [-0.2, -0.15) is 0 Å². The molecule has 0 aromatic heterocycles. The fourth-order valence-electron chi connectivity index (χ4n) is 2.97. The van der Waals surface area contributed by atoms with Crippen LogP contribution in [0.15, 0.2) is 42.0 Å². The molecule has 0 aliphatic carbocycles. The van der Waals surface area contributed by atoms with Crippen molar-refractivity contribution >= 4 is 52.2 Å². The highest BCUT2D eigenvalue weighted by atomic mass is 127. The molecule has 0 bridgehead atoms. The first-order valence-corrected chi connectivity index (χ1v) is 10.5. The van der Waals surface area contributed by atoms with Crippen molar-refractivity contribution in [3.63, 3.8) is 0 Å². The van der Waals surface area contributed by atoms with Crippen LogP contribution < -0.4 is 19.7 Å². The van der Waals surface area contributed by atoms with Crippen molar-refractivity contribution in [3.8, 4) is 11.5 Å². The summed E-state index contributed by atoms with van der Waals surface area (Å²) in [6, 6.07) is 9.62. The van der Waals surface area contributed by atoms with Gasteiger partial charge in [-0.3, -0.25) is 14.9 Å². The zero-order valence-corrected chi connectivity index (χ0v) is 19.0. The molecule has 8 heteroatoms. The average Bonchev–Trinajstić information content (AvgIpc) is 2.69. The van der Waals surface area contributed by atoms with Crippen molar-refractivity contribution < 1.29 is 23.9 Å². The number of urea groups is 1. The van der Waals surface area contributed by atoms with Gasteiger partial charge in [-0.05, 0) is 79.3 Å². The first kappa shape index (κ1) is 21.8. The average molecular weight is 520 g/mol. The van der Waals surface area contributed by atoms with Gasteiger partial charge in [-0.25, -0.2) is 9.69 Å². The predicted molar refractivity (Wildman–Crippen MR) is 122 cm³/mol. The molecule has 1 aliphatic heterocycles. The molecule has 0 saturated carbocycles. The normalized spacial score (nSPS) is 15.4. The number of nitrogens with one attached hydrogen (secondary N) is 1. The Kier molecular flexibility index (Phi) is 6.76. The van der Waals surface area contributed by atoms with E-state index in [4.69, 9.17) is 9.47 Å². The van der Waals surface area contributed by atoms with E-state index in [1.54, 1.807) is 36.4 Å². The van der Waals surface area contributed by atoms with Crippen LogP contribution in [0.5, 0.6) is 11.5 Å². The summed E-state index contributed by atoms with van der Waals surface area (Å²) in [6.07, 6.45) is 1.45. The van der Waals surface area contributed by atoms with Gasteiger partial charge in [0.2, 0.25) is 0 Å². The van der Waals surface area contributed by atoms with Crippen molar-refractivity contribution in [1.29, 1.82) is 0 Å². The van der Waals surface area contributed by atoms with Crippen molar-refractivity contribution in [2.24, 2.45) is 0 Å². The van der Waals surface area contributed by atoms with E-state index in [0.717, 1.165) is 14.0 Å². The molecule has 1 fully saturated rings. The summed E-state index contributed by atoms with van der Waals surface area (Å²) in [4.78, 5) is 38.7. The number of nitrogens with zero attached hydrogens (tertiary/aromatic N) is 1. The monoisotopic (exact) mass is 520 g/mol. The van der Waals surface area contributed by atoms with Crippen LogP contribution in [0.1, 0.15) is 25.0 Å². The molecule has 1 saturated heterocycles. The van der Waals surface area contributed by atoms with E-state index in [-0.39, 0.29) is 5.57 Å². The lowest BCUT2D eigenvalue weighted by Gasteiger charge is -2.26. The molecule has 0 atom stereocenters. The van der Waals surface area contributed by atoms with Crippen LogP contribution in [0.2, 0.25) is 0 Å². The summed E-state index contributed by atoms with van der Waals surface area (Å²) in [6.45, 7) is 6.55. The van der Waals surface area contributed by atoms with Crippen molar-refractivity contribution in [2.45, 2.75) is 20.8 Å². The second-order valence-electron chi connectivity index (χ2n) is 6.49. The minimum atomic E-state index is -0.776. The Morgan fingerprint density at radius 3 is 2.33 bits per heavy atom. The fraction of sp³-hybridized carbons (Fsp3) is 0.227. The van der Waals surface area contributed by atoms with Crippen LogP contribution in [0.25, 0.3) is 6.08 Å². The van der Waals surface area contributed by atoms with Gasteiger partial charge in [0.25, 0.3) is 11.8 Å². The Balaban J connectivity index is 2.03. The number of rotatable bonds is 6. The molecule has 3 rings (SSSR count). The minimum absolute atomic E-state index is 0.141. The Morgan fingerprint density at radius 1 is 1.03 bits per heavy atom. The molecule has 7 nitrogen and oxygen atoms in total. The third-order valence-corrected chi connectivity index (χ3v) is 5.13. The molecule has 156 valence electrons. The summed E-state index contributed by atoms with van der Waals surface area (Å²) in [5.74, 6) is -0.295. The molecule has 2 aromatic carbocycles. The molecule has 4 amide bonds. The second kappa shape index (κ2) is 9.29. The lowest BCUT2D eigenvalue weighted by atomic mass is 10.1. The first-order valence-electron chi connectivity index (χ1n) is 9.43. The van der Waals surface area contributed by atoms with Gasteiger partial charge in [-0.15, -0.1) is 0 Å². The highest BCUT2D eigenvalue weighted by Crippen LogP contribution is 2.35. The molecule has 0 radical (unpaired) electrons. The van der Waals surface area contributed by atoms with Crippen molar-refractivity contribution in [3.05, 3.63) is 56.7 Å². The lowest BCUT2D eigenvalue weighted by molar-refractivity contribution is -0.122. The summed E-state index contributed by atoms with van der Waals surface area (Å²) >= 11 is 2.11. The van der Waals surface area contributed by atoms with Gasteiger partial charge in [0.15, 0.2) is 11.5 Å². The van der Waals surface area contributed by atoms with Gasteiger partial charge < -0.3 is 9.47 Å². The number of benzene rings is 2. The Hall–Kier alpha value is -2.88. The molecule has 1 heterocycles. The van der Waals surface area contributed by atoms with E-state index in [1.807, 2.05) is 20.8 Å². The summed E-state index contributed by atoms with van der Waals surface area (Å²) in [5, 5.41) is 2.23. The molecule has 0 spiro atoms. The van der Waals surface area contributed by atoms with Crippen molar-refractivity contribution in [2.75, 3.05) is 18.1 Å². The minimum Gasteiger partial charge on any atom is -0.490 e.